The first kappa shape index (κ1) is 15.8. The van der Waals surface area contributed by atoms with Crippen molar-refractivity contribution in [2.75, 3.05) is 5.32 Å². The van der Waals surface area contributed by atoms with Gasteiger partial charge in [0.05, 0.1) is 6.04 Å². The van der Waals surface area contributed by atoms with E-state index in [1.807, 2.05) is 24.3 Å². The van der Waals surface area contributed by atoms with Crippen LogP contribution in [0.3, 0.4) is 0 Å². The van der Waals surface area contributed by atoms with Gasteiger partial charge in [-0.05, 0) is 62.3 Å². The third-order valence-electron chi connectivity index (χ3n) is 3.33. The number of hydrogen-bond acceptors (Lipinski definition) is 1. The fourth-order valence-corrected chi connectivity index (χ4v) is 2.72. The lowest BCUT2D eigenvalue weighted by Crippen LogP contribution is -2.31. The van der Waals surface area contributed by atoms with Crippen LogP contribution in [0.4, 0.5) is 5.69 Å². The monoisotopic (exact) mass is 318 g/mol. The van der Waals surface area contributed by atoms with E-state index >= 15 is 0 Å². The fraction of sp³-hybridized carbons (Fsp3) is 0.235. The van der Waals surface area contributed by atoms with E-state index in [2.05, 4.69) is 49.6 Å². The molecule has 0 aliphatic heterocycles. The maximum atomic E-state index is 5.96. The lowest BCUT2D eigenvalue weighted by atomic mass is 10.0. The van der Waals surface area contributed by atoms with E-state index in [0.29, 0.717) is 10.1 Å². The zero-order chi connectivity index (χ0) is 15.4. The molecule has 1 atom stereocenters. The number of anilines is 1. The van der Waals surface area contributed by atoms with Crippen LogP contribution in [-0.2, 0) is 0 Å². The van der Waals surface area contributed by atoms with Crippen molar-refractivity contribution in [3.8, 4) is 0 Å². The molecule has 2 aromatic carbocycles. The van der Waals surface area contributed by atoms with Gasteiger partial charge in [-0.2, -0.15) is 0 Å². The molecule has 0 bridgehead atoms. The van der Waals surface area contributed by atoms with Crippen molar-refractivity contribution in [2.24, 2.45) is 0 Å². The lowest BCUT2D eigenvalue weighted by Gasteiger charge is -2.19. The molecule has 110 valence electrons. The molecule has 0 fully saturated rings. The Kier molecular flexibility index (Phi) is 5.21. The third-order valence-corrected chi connectivity index (χ3v) is 3.79. The summed E-state index contributed by atoms with van der Waals surface area (Å²) in [4.78, 5) is 0. The highest BCUT2D eigenvalue weighted by atomic mass is 35.5. The molecule has 0 unspecified atom stereocenters. The van der Waals surface area contributed by atoms with Crippen LogP contribution in [0.15, 0.2) is 42.5 Å². The van der Waals surface area contributed by atoms with E-state index in [1.165, 1.54) is 16.7 Å². The second kappa shape index (κ2) is 6.92. The van der Waals surface area contributed by atoms with Crippen molar-refractivity contribution < 1.29 is 0 Å². The second-order valence-corrected chi connectivity index (χ2v) is 6.04. The van der Waals surface area contributed by atoms with Gasteiger partial charge < -0.3 is 10.6 Å². The molecule has 0 spiro atoms. The van der Waals surface area contributed by atoms with E-state index in [9.17, 15) is 0 Å². The van der Waals surface area contributed by atoms with Crippen LogP contribution in [0.25, 0.3) is 0 Å². The smallest absolute Gasteiger partial charge is 0.171 e. The normalized spacial score (nSPS) is 11.8. The molecule has 2 N–H and O–H groups in total. The molecule has 4 heteroatoms. The zero-order valence-electron chi connectivity index (χ0n) is 12.4. The van der Waals surface area contributed by atoms with Crippen LogP contribution in [0.5, 0.6) is 0 Å². The van der Waals surface area contributed by atoms with Gasteiger partial charge in [0.25, 0.3) is 0 Å². The number of aryl methyl sites for hydroxylation is 2. The summed E-state index contributed by atoms with van der Waals surface area (Å²) < 4.78 is 0. The van der Waals surface area contributed by atoms with Crippen LogP contribution in [0.2, 0.25) is 5.02 Å². The average Bonchev–Trinajstić information content (AvgIpc) is 2.41. The Hall–Kier alpha value is -1.58. The first-order valence-corrected chi connectivity index (χ1v) is 7.64. The molecule has 0 aliphatic carbocycles. The van der Waals surface area contributed by atoms with Gasteiger partial charge in [0, 0.05) is 10.7 Å². The third kappa shape index (κ3) is 4.45. The summed E-state index contributed by atoms with van der Waals surface area (Å²) in [6, 6.07) is 14.1. The van der Waals surface area contributed by atoms with Gasteiger partial charge in [0.2, 0.25) is 0 Å². The molecule has 2 nitrogen and oxygen atoms in total. The molecule has 0 heterocycles. The fourth-order valence-electron chi connectivity index (χ4n) is 2.23. The Morgan fingerprint density at radius 1 is 1.14 bits per heavy atom. The molecule has 0 amide bonds. The second-order valence-electron chi connectivity index (χ2n) is 5.19. The highest BCUT2D eigenvalue weighted by molar-refractivity contribution is 7.80. The summed E-state index contributed by atoms with van der Waals surface area (Å²) in [6.45, 7) is 6.31. The molecular weight excluding hydrogens is 300 g/mol. The van der Waals surface area contributed by atoms with Gasteiger partial charge in [-0.15, -0.1) is 0 Å². The molecule has 0 saturated carbocycles. The summed E-state index contributed by atoms with van der Waals surface area (Å²) in [5, 5.41) is 7.74. The number of thiocarbonyl (C=S) groups is 1. The quantitative estimate of drug-likeness (QED) is 0.778. The zero-order valence-corrected chi connectivity index (χ0v) is 14.0. The van der Waals surface area contributed by atoms with Crippen molar-refractivity contribution in [1.82, 2.24) is 5.32 Å². The van der Waals surface area contributed by atoms with E-state index in [1.54, 1.807) is 0 Å². The number of rotatable bonds is 3. The largest absolute Gasteiger partial charge is 0.356 e. The van der Waals surface area contributed by atoms with Gasteiger partial charge in [-0.3, -0.25) is 0 Å². The highest BCUT2D eigenvalue weighted by Crippen LogP contribution is 2.19. The Morgan fingerprint density at radius 2 is 1.90 bits per heavy atom. The minimum absolute atomic E-state index is 0.143. The van der Waals surface area contributed by atoms with Gasteiger partial charge in [0.15, 0.2) is 5.11 Å². The average molecular weight is 319 g/mol. The summed E-state index contributed by atoms with van der Waals surface area (Å²) in [5.74, 6) is 0. The van der Waals surface area contributed by atoms with Crippen molar-refractivity contribution in [2.45, 2.75) is 26.8 Å². The number of hydrogen-bond donors (Lipinski definition) is 2. The first-order valence-electron chi connectivity index (χ1n) is 6.86. The summed E-state index contributed by atoms with van der Waals surface area (Å²) in [6.07, 6.45) is 0. The number of nitrogens with one attached hydrogen (secondary N) is 2. The SMILES string of the molecule is Cc1ccc(C)c([C@@H](C)NC(=S)Nc2cccc(Cl)c2)c1. The van der Waals surface area contributed by atoms with Crippen molar-refractivity contribution >= 4 is 34.6 Å². The van der Waals surface area contributed by atoms with Crippen LogP contribution < -0.4 is 10.6 Å². The van der Waals surface area contributed by atoms with Gasteiger partial charge in [-0.25, -0.2) is 0 Å². The maximum Gasteiger partial charge on any atom is 0.171 e. The molecule has 0 saturated heterocycles. The van der Waals surface area contributed by atoms with Crippen molar-refractivity contribution in [3.05, 3.63) is 64.2 Å². The van der Waals surface area contributed by atoms with E-state index < -0.39 is 0 Å². The molecular formula is C17H19ClN2S. The molecule has 0 aliphatic rings. The Balaban J connectivity index is 2.03. The lowest BCUT2D eigenvalue weighted by molar-refractivity contribution is 0.716. The van der Waals surface area contributed by atoms with Crippen LogP contribution in [0, 0.1) is 13.8 Å². The molecule has 2 aromatic rings. The van der Waals surface area contributed by atoms with Gasteiger partial charge in [0.1, 0.15) is 0 Å². The van der Waals surface area contributed by atoms with E-state index in [0.717, 1.165) is 5.69 Å². The molecule has 2 rings (SSSR count). The minimum Gasteiger partial charge on any atom is -0.356 e. The van der Waals surface area contributed by atoms with Crippen molar-refractivity contribution in [3.63, 3.8) is 0 Å². The van der Waals surface area contributed by atoms with Crippen molar-refractivity contribution in [1.29, 1.82) is 0 Å². The Bertz CT molecular complexity index is 655. The van der Waals surface area contributed by atoms with Crippen LogP contribution in [0.1, 0.15) is 29.7 Å². The minimum atomic E-state index is 0.143. The summed E-state index contributed by atoms with van der Waals surface area (Å²) >= 11 is 11.3. The van der Waals surface area contributed by atoms with Crippen LogP contribution in [-0.4, -0.2) is 5.11 Å². The summed E-state index contributed by atoms with van der Waals surface area (Å²) in [7, 11) is 0. The number of halogens is 1. The summed E-state index contributed by atoms with van der Waals surface area (Å²) in [5.41, 5.74) is 4.64. The Labute approximate surface area is 136 Å². The maximum absolute atomic E-state index is 5.96. The highest BCUT2D eigenvalue weighted by Gasteiger charge is 2.10. The predicted molar refractivity (Wildman–Crippen MR) is 95.1 cm³/mol. The molecule has 0 radical (unpaired) electrons. The number of benzene rings is 2. The van der Waals surface area contributed by atoms with Gasteiger partial charge >= 0.3 is 0 Å². The van der Waals surface area contributed by atoms with Gasteiger partial charge in [-0.1, -0.05) is 41.4 Å². The van der Waals surface area contributed by atoms with E-state index in [-0.39, 0.29) is 6.04 Å². The molecule has 21 heavy (non-hydrogen) atoms. The standard InChI is InChI=1S/C17H19ClN2S/c1-11-7-8-12(2)16(9-11)13(3)19-17(21)20-15-6-4-5-14(18)10-15/h4-10,13H,1-3H3,(H2,19,20,21)/t13-/m1/s1. The predicted octanol–water partition coefficient (Wildman–Crippen LogP) is 5.00. The van der Waals surface area contributed by atoms with Crippen LogP contribution >= 0.6 is 23.8 Å². The first-order chi connectivity index (χ1) is 9.95. The van der Waals surface area contributed by atoms with E-state index in [4.69, 9.17) is 23.8 Å². The Morgan fingerprint density at radius 3 is 2.62 bits per heavy atom. The molecule has 0 aromatic heterocycles. The topological polar surface area (TPSA) is 24.1 Å².